The zero-order valence-electron chi connectivity index (χ0n) is 15.2. The molecule has 2 nitrogen and oxygen atoms in total. The van der Waals surface area contributed by atoms with Gasteiger partial charge in [0.1, 0.15) is 0 Å². The molecule has 0 amide bonds. The fourth-order valence-corrected chi connectivity index (χ4v) is 3.75. The van der Waals surface area contributed by atoms with E-state index >= 15 is 0 Å². The van der Waals surface area contributed by atoms with Gasteiger partial charge in [-0.25, -0.2) is 0 Å². The Morgan fingerprint density at radius 1 is 0.862 bits per heavy atom. The van der Waals surface area contributed by atoms with Crippen LogP contribution in [0.2, 0.25) is 5.02 Å². The van der Waals surface area contributed by atoms with Crippen LogP contribution in [0.25, 0.3) is 0 Å². The highest BCUT2D eigenvalue weighted by molar-refractivity contribution is 6.31. The smallest absolute Gasteiger partial charge is 0.315 e. The highest BCUT2D eigenvalue weighted by atomic mass is 35.5. The van der Waals surface area contributed by atoms with Crippen molar-refractivity contribution in [3.63, 3.8) is 0 Å². The first-order valence-electron chi connectivity index (χ1n) is 9.06. The van der Waals surface area contributed by atoms with E-state index in [4.69, 9.17) is 11.6 Å². The first kappa shape index (κ1) is 21.9. The molecule has 0 saturated carbocycles. The molecule has 1 atom stereocenters. The average Bonchev–Trinajstić information content (AvgIpc) is 2.91. The van der Waals surface area contributed by atoms with E-state index < -0.39 is 29.5 Å². The Balaban J connectivity index is 2.15. The lowest BCUT2D eigenvalue weighted by Gasteiger charge is -2.32. The summed E-state index contributed by atoms with van der Waals surface area (Å²) >= 11 is 6.25. The molecule has 0 spiro atoms. The number of rotatable bonds is 3. The van der Waals surface area contributed by atoms with Crippen molar-refractivity contribution < 1.29 is 26.3 Å². The van der Waals surface area contributed by atoms with Crippen LogP contribution < -0.4 is 5.32 Å². The van der Waals surface area contributed by atoms with Gasteiger partial charge in [0.15, 0.2) is 0 Å². The topological polar surface area (TPSA) is 15.3 Å². The predicted octanol–water partition coefficient (Wildman–Crippen LogP) is 5.76. The van der Waals surface area contributed by atoms with E-state index in [0.29, 0.717) is 26.1 Å². The summed E-state index contributed by atoms with van der Waals surface area (Å²) in [5, 5.41) is 3.27. The molecule has 1 aliphatic rings. The van der Waals surface area contributed by atoms with Crippen molar-refractivity contribution >= 4 is 11.6 Å². The van der Waals surface area contributed by atoms with Gasteiger partial charge in [0.2, 0.25) is 0 Å². The van der Waals surface area contributed by atoms with Crippen molar-refractivity contribution in [2.75, 3.05) is 26.2 Å². The Morgan fingerprint density at radius 3 is 2.24 bits per heavy atom. The number of nitrogens with one attached hydrogen (secondary N) is 1. The zero-order chi connectivity index (χ0) is 21.2. The summed E-state index contributed by atoms with van der Waals surface area (Å²) < 4.78 is 79.6. The quantitative estimate of drug-likeness (QED) is 0.615. The van der Waals surface area contributed by atoms with Gasteiger partial charge in [-0.3, -0.25) is 4.90 Å². The van der Waals surface area contributed by atoms with Crippen LogP contribution in [0.5, 0.6) is 0 Å². The van der Waals surface area contributed by atoms with Gasteiger partial charge in [0, 0.05) is 24.7 Å². The van der Waals surface area contributed by atoms with Crippen LogP contribution in [0.1, 0.15) is 34.7 Å². The SMILES string of the molecule is FC(F)(F)c1cccc(C(c2cc(C(F)(F)F)ccc2Cl)N2CCCNCC2)c1. The van der Waals surface area contributed by atoms with Crippen LogP contribution in [0, 0.1) is 0 Å². The summed E-state index contributed by atoms with van der Waals surface area (Å²) in [4.78, 5) is 1.87. The maximum Gasteiger partial charge on any atom is 0.416 e. The van der Waals surface area contributed by atoms with E-state index in [9.17, 15) is 26.3 Å². The van der Waals surface area contributed by atoms with Crippen molar-refractivity contribution in [2.24, 2.45) is 0 Å². The van der Waals surface area contributed by atoms with E-state index in [1.165, 1.54) is 12.1 Å². The molecule has 1 aliphatic heterocycles. The molecule has 29 heavy (non-hydrogen) atoms. The van der Waals surface area contributed by atoms with Gasteiger partial charge in [0.05, 0.1) is 17.2 Å². The van der Waals surface area contributed by atoms with Crippen LogP contribution in [0.15, 0.2) is 42.5 Å². The van der Waals surface area contributed by atoms with Crippen LogP contribution in [0.3, 0.4) is 0 Å². The van der Waals surface area contributed by atoms with E-state index in [2.05, 4.69) is 5.32 Å². The molecule has 0 radical (unpaired) electrons. The molecule has 158 valence electrons. The number of hydrogen-bond acceptors (Lipinski definition) is 2. The summed E-state index contributed by atoms with van der Waals surface area (Å²) in [7, 11) is 0. The summed E-state index contributed by atoms with van der Waals surface area (Å²) in [6.07, 6.45) is -8.43. The summed E-state index contributed by atoms with van der Waals surface area (Å²) in [6.45, 7) is 2.28. The molecule has 0 aliphatic carbocycles. The molecule has 9 heteroatoms. The second-order valence-corrected chi connectivity index (χ2v) is 7.31. The summed E-state index contributed by atoms with van der Waals surface area (Å²) in [6, 6.07) is 6.82. The monoisotopic (exact) mass is 436 g/mol. The molecule has 1 fully saturated rings. The lowest BCUT2D eigenvalue weighted by atomic mass is 9.93. The van der Waals surface area contributed by atoms with Crippen molar-refractivity contribution in [3.05, 3.63) is 69.7 Å². The van der Waals surface area contributed by atoms with Gasteiger partial charge in [-0.2, -0.15) is 26.3 Å². The maximum atomic E-state index is 13.3. The largest absolute Gasteiger partial charge is 0.416 e. The molecule has 1 N–H and O–H groups in total. The first-order valence-corrected chi connectivity index (χ1v) is 9.44. The Bertz CT molecular complexity index is 842. The fraction of sp³-hybridized carbons (Fsp3) is 0.400. The lowest BCUT2D eigenvalue weighted by molar-refractivity contribution is -0.138. The van der Waals surface area contributed by atoms with Crippen LogP contribution >= 0.6 is 11.6 Å². The molecule has 0 aromatic heterocycles. The van der Waals surface area contributed by atoms with E-state index in [-0.39, 0.29) is 16.1 Å². The van der Waals surface area contributed by atoms with Gasteiger partial charge in [-0.05, 0) is 54.4 Å². The molecule has 1 heterocycles. The van der Waals surface area contributed by atoms with E-state index in [0.717, 1.165) is 36.9 Å². The van der Waals surface area contributed by atoms with Crippen LogP contribution in [-0.2, 0) is 12.4 Å². The summed E-state index contributed by atoms with van der Waals surface area (Å²) in [5.41, 5.74) is -1.34. The number of halogens is 7. The second-order valence-electron chi connectivity index (χ2n) is 6.90. The van der Waals surface area contributed by atoms with Gasteiger partial charge in [-0.15, -0.1) is 0 Å². The highest BCUT2D eigenvalue weighted by Gasteiger charge is 2.35. The predicted molar refractivity (Wildman–Crippen MR) is 98.8 cm³/mol. The van der Waals surface area contributed by atoms with Gasteiger partial charge >= 0.3 is 12.4 Å². The molecule has 1 unspecified atom stereocenters. The third kappa shape index (κ3) is 5.24. The third-order valence-electron chi connectivity index (χ3n) is 4.89. The standard InChI is InChI=1S/C20H19ClF6N2/c21-17-6-5-15(20(25,26)27)12-16(17)18(29-9-2-7-28-8-10-29)13-3-1-4-14(11-13)19(22,23)24/h1,3-6,11-12,18,28H,2,7-10H2. The van der Waals surface area contributed by atoms with Gasteiger partial charge in [-0.1, -0.05) is 23.7 Å². The average molecular weight is 437 g/mol. The minimum absolute atomic E-state index is 0.0811. The van der Waals surface area contributed by atoms with Crippen molar-refractivity contribution in [3.8, 4) is 0 Å². The fourth-order valence-electron chi connectivity index (χ4n) is 3.53. The molecule has 2 aromatic rings. The van der Waals surface area contributed by atoms with Crippen LogP contribution in [0.4, 0.5) is 26.3 Å². The van der Waals surface area contributed by atoms with Gasteiger partial charge < -0.3 is 5.32 Å². The van der Waals surface area contributed by atoms with E-state index in [1.54, 1.807) is 0 Å². The van der Waals surface area contributed by atoms with Crippen molar-refractivity contribution in [1.82, 2.24) is 10.2 Å². The van der Waals surface area contributed by atoms with Gasteiger partial charge in [0.25, 0.3) is 0 Å². The Morgan fingerprint density at radius 2 is 1.55 bits per heavy atom. The van der Waals surface area contributed by atoms with E-state index in [1.807, 2.05) is 4.90 Å². The lowest BCUT2D eigenvalue weighted by Crippen LogP contribution is -2.33. The third-order valence-corrected chi connectivity index (χ3v) is 5.23. The molecule has 2 aromatic carbocycles. The number of nitrogens with zero attached hydrogens (tertiary/aromatic N) is 1. The number of benzene rings is 2. The Kier molecular flexibility index (Phi) is 6.45. The minimum atomic E-state index is -4.59. The Labute approximate surface area is 169 Å². The zero-order valence-corrected chi connectivity index (χ0v) is 16.0. The maximum absolute atomic E-state index is 13.3. The normalized spacial score (nSPS) is 17.8. The minimum Gasteiger partial charge on any atom is -0.315 e. The molecule has 0 bridgehead atoms. The first-order chi connectivity index (χ1) is 13.6. The second kappa shape index (κ2) is 8.53. The number of alkyl halides is 6. The molecular weight excluding hydrogens is 418 g/mol. The molecular formula is C20H19ClF6N2. The highest BCUT2D eigenvalue weighted by Crippen LogP contribution is 2.40. The summed E-state index contributed by atoms with van der Waals surface area (Å²) in [5.74, 6) is 0. The van der Waals surface area contributed by atoms with Crippen molar-refractivity contribution in [2.45, 2.75) is 24.8 Å². The molecule has 3 rings (SSSR count). The molecule has 1 saturated heterocycles. The Hall–Kier alpha value is -1.77. The van der Waals surface area contributed by atoms with Crippen LogP contribution in [-0.4, -0.2) is 31.1 Å². The number of hydrogen-bond donors (Lipinski definition) is 1. The van der Waals surface area contributed by atoms with Crippen molar-refractivity contribution in [1.29, 1.82) is 0 Å².